The number of nitrogens with one attached hydrogen (secondary N) is 2. The average Bonchev–Trinajstić information content (AvgIpc) is 2.56. The fourth-order valence-corrected chi connectivity index (χ4v) is 2.94. The van der Waals surface area contributed by atoms with Crippen LogP contribution in [0.15, 0.2) is 24.3 Å². The van der Waals surface area contributed by atoms with E-state index in [1.807, 2.05) is 24.3 Å². The summed E-state index contributed by atoms with van der Waals surface area (Å²) in [6, 6.07) is 7.23. The number of hydrogen-bond acceptors (Lipinski definition) is 4. The van der Waals surface area contributed by atoms with E-state index in [1.165, 1.54) is 18.5 Å². The molecular formula is C17H23N3O3. The molecule has 0 aromatic heterocycles. The highest BCUT2D eigenvalue weighted by molar-refractivity contribution is 5.98. The quantitative estimate of drug-likeness (QED) is 0.883. The van der Waals surface area contributed by atoms with Gasteiger partial charge in [-0.2, -0.15) is 0 Å². The fourth-order valence-electron chi connectivity index (χ4n) is 2.94. The molecule has 6 heteroatoms. The number of hydrogen-bond donors (Lipinski definition) is 2. The van der Waals surface area contributed by atoms with Crippen LogP contribution in [0.4, 0.5) is 11.4 Å². The first-order valence-electron chi connectivity index (χ1n) is 8.15. The summed E-state index contributed by atoms with van der Waals surface area (Å²) in [6.45, 7) is 4.69. The van der Waals surface area contributed by atoms with E-state index in [0.717, 1.165) is 24.7 Å². The van der Waals surface area contributed by atoms with E-state index in [9.17, 15) is 9.59 Å². The van der Waals surface area contributed by atoms with E-state index in [1.54, 1.807) is 0 Å². The Bertz CT molecular complexity index is 565. The molecule has 0 radical (unpaired) electrons. The molecule has 23 heavy (non-hydrogen) atoms. The second kappa shape index (κ2) is 7.00. The highest BCUT2D eigenvalue weighted by atomic mass is 16.5. The number of anilines is 2. The van der Waals surface area contributed by atoms with Gasteiger partial charge < -0.3 is 20.3 Å². The molecule has 2 aliphatic rings. The zero-order chi connectivity index (χ0) is 16.2. The van der Waals surface area contributed by atoms with Crippen molar-refractivity contribution in [2.45, 2.75) is 25.8 Å². The van der Waals surface area contributed by atoms with Crippen LogP contribution >= 0.6 is 0 Å². The minimum absolute atomic E-state index is 0.0208. The topological polar surface area (TPSA) is 70.7 Å². The first kappa shape index (κ1) is 15.8. The summed E-state index contributed by atoms with van der Waals surface area (Å²) in [6.07, 6.45) is 2.44. The molecule has 2 saturated heterocycles. The van der Waals surface area contributed by atoms with Crippen LogP contribution in [0.3, 0.4) is 0 Å². The molecule has 6 nitrogen and oxygen atoms in total. The second-order valence-corrected chi connectivity index (χ2v) is 6.34. The Labute approximate surface area is 136 Å². The summed E-state index contributed by atoms with van der Waals surface area (Å²) in [4.78, 5) is 25.7. The first-order valence-corrected chi connectivity index (χ1v) is 8.15. The average molecular weight is 317 g/mol. The number of carbonyl (C=O) groups is 2. The van der Waals surface area contributed by atoms with Gasteiger partial charge in [-0.05, 0) is 43.0 Å². The van der Waals surface area contributed by atoms with Crippen LogP contribution in [0.5, 0.6) is 0 Å². The number of piperidine rings is 1. The highest BCUT2D eigenvalue weighted by Crippen LogP contribution is 2.24. The minimum Gasteiger partial charge on any atom is -0.372 e. The summed E-state index contributed by atoms with van der Waals surface area (Å²) in [7, 11) is 0. The lowest BCUT2D eigenvalue weighted by molar-refractivity contribution is -0.136. The number of carbonyl (C=O) groups excluding carboxylic acids is 2. The number of morpholine rings is 1. The Kier molecular flexibility index (Phi) is 4.81. The Morgan fingerprint density at radius 2 is 1.96 bits per heavy atom. The maximum absolute atomic E-state index is 12.1. The van der Waals surface area contributed by atoms with Crippen LogP contribution in [0.2, 0.25) is 0 Å². The van der Waals surface area contributed by atoms with Crippen LogP contribution in [0, 0.1) is 5.92 Å². The zero-order valence-corrected chi connectivity index (χ0v) is 13.4. The molecule has 0 bridgehead atoms. The van der Waals surface area contributed by atoms with Gasteiger partial charge >= 0.3 is 0 Å². The largest absolute Gasteiger partial charge is 0.372 e. The summed E-state index contributed by atoms with van der Waals surface area (Å²) in [5.74, 6) is 0.293. The lowest BCUT2D eigenvalue weighted by Gasteiger charge is -2.32. The van der Waals surface area contributed by atoms with Gasteiger partial charge in [0.1, 0.15) is 12.6 Å². The Morgan fingerprint density at radius 1 is 1.26 bits per heavy atom. The maximum atomic E-state index is 12.1. The molecule has 1 aromatic carbocycles. The predicted molar refractivity (Wildman–Crippen MR) is 88.4 cm³/mol. The van der Waals surface area contributed by atoms with Crippen molar-refractivity contribution in [1.29, 1.82) is 0 Å². The molecule has 3 rings (SSSR count). The molecule has 2 aliphatic heterocycles. The van der Waals surface area contributed by atoms with Crippen molar-refractivity contribution in [1.82, 2.24) is 5.32 Å². The molecule has 2 amide bonds. The molecule has 2 N–H and O–H groups in total. The molecule has 124 valence electrons. The Hall–Kier alpha value is -2.08. The molecule has 0 saturated carbocycles. The van der Waals surface area contributed by atoms with Gasteiger partial charge in [0.15, 0.2) is 0 Å². The van der Waals surface area contributed by atoms with Gasteiger partial charge in [0, 0.05) is 24.5 Å². The van der Waals surface area contributed by atoms with Crippen molar-refractivity contribution in [3.63, 3.8) is 0 Å². The number of amides is 2. The van der Waals surface area contributed by atoms with Crippen molar-refractivity contribution in [2.24, 2.45) is 5.92 Å². The van der Waals surface area contributed by atoms with Crippen molar-refractivity contribution < 1.29 is 14.3 Å². The summed E-state index contributed by atoms with van der Waals surface area (Å²) in [5.41, 5.74) is 1.91. The molecule has 2 heterocycles. The van der Waals surface area contributed by atoms with Crippen LogP contribution in [0.25, 0.3) is 0 Å². The van der Waals surface area contributed by atoms with Gasteiger partial charge in [-0.15, -0.1) is 0 Å². The van der Waals surface area contributed by atoms with Gasteiger partial charge in [-0.3, -0.25) is 9.59 Å². The fraction of sp³-hybridized carbons (Fsp3) is 0.529. The molecule has 0 aliphatic carbocycles. The van der Waals surface area contributed by atoms with Crippen LogP contribution in [-0.2, 0) is 14.3 Å². The van der Waals surface area contributed by atoms with Crippen molar-refractivity contribution in [3.8, 4) is 0 Å². The Balaban J connectivity index is 1.57. The molecule has 2 fully saturated rings. The van der Waals surface area contributed by atoms with E-state index < -0.39 is 6.04 Å². The standard InChI is InChI=1S/C17H23N3O3/c1-12-6-8-20(9-7-12)14-4-2-13(3-5-14)18-17(22)15-10-23-11-16(21)19-15/h2-5,12,15H,6-11H2,1H3,(H,18,22)(H,19,21). The molecule has 1 unspecified atom stereocenters. The van der Waals surface area contributed by atoms with E-state index >= 15 is 0 Å². The predicted octanol–water partition coefficient (Wildman–Crippen LogP) is 1.38. The van der Waals surface area contributed by atoms with E-state index in [4.69, 9.17) is 4.74 Å². The highest BCUT2D eigenvalue weighted by Gasteiger charge is 2.25. The summed E-state index contributed by atoms with van der Waals surface area (Å²) < 4.78 is 5.08. The molecular weight excluding hydrogens is 294 g/mol. The second-order valence-electron chi connectivity index (χ2n) is 6.34. The van der Waals surface area contributed by atoms with E-state index in [2.05, 4.69) is 22.5 Å². The van der Waals surface area contributed by atoms with Gasteiger partial charge in [-0.25, -0.2) is 0 Å². The number of nitrogens with zero attached hydrogens (tertiary/aromatic N) is 1. The Morgan fingerprint density at radius 3 is 2.61 bits per heavy atom. The van der Waals surface area contributed by atoms with Crippen LogP contribution < -0.4 is 15.5 Å². The van der Waals surface area contributed by atoms with Crippen LogP contribution in [0.1, 0.15) is 19.8 Å². The lowest BCUT2D eigenvalue weighted by atomic mass is 9.99. The smallest absolute Gasteiger partial charge is 0.249 e. The van der Waals surface area contributed by atoms with E-state index in [0.29, 0.717) is 0 Å². The van der Waals surface area contributed by atoms with Gasteiger partial charge in [0.25, 0.3) is 0 Å². The van der Waals surface area contributed by atoms with Crippen molar-refractivity contribution >= 4 is 23.2 Å². The number of benzene rings is 1. The third-order valence-corrected chi connectivity index (χ3v) is 4.45. The third kappa shape index (κ3) is 4.01. The first-order chi connectivity index (χ1) is 11.1. The summed E-state index contributed by atoms with van der Waals surface area (Å²) in [5, 5.41) is 5.44. The maximum Gasteiger partial charge on any atom is 0.249 e. The SMILES string of the molecule is CC1CCN(c2ccc(NC(=O)C3COCC(=O)N3)cc2)CC1. The lowest BCUT2D eigenvalue weighted by Crippen LogP contribution is -2.51. The van der Waals surface area contributed by atoms with E-state index in [-0.39, 0.29) is 25.0 Å². The molecule has 1 atom stereocenters. The van der Waals surface area contributed by atoms with Gasteiger partial charge in [0.05, 0.1) is 6.61 Å². The third-order valence-electron chi connectivity index (χ3n) is 4.45. The normalized spacial score (nSPS) is 22.6. The molecule has 1 aromatic rings. The molecule has 0 spiro atoms. The van der Waals surface area contributed by atoms with Gasteiger partial charge in [0.2, 0.25) is 11.8 Å². The van der Waals surface area contributed by atoms with Crippen molar-refractivity contribution in [2.75, 3.05) is 36.5 Å². The van der Waals surface area contributed by atoms with Gasteiger partial charge in [-0.1, -0.05) is 6.92 Å². The van der Waals surface area contributed by atoms with Crippen molar-refractivity contribution in [3.05, 3.63) is 24.3 Å². The zero-order valence-electron chi connectivity index (χ0n) is 13.4. The number of rotatable bonds is 3. The monoisotopic (exact) mass is 317 g/mol. The summed E-state index contributed by atoms with van der Waals surface area (Å²) >= 11 is 0. The van der Waals surface area contributed by atoms with Crippen LogP contribution in [-0.4, -0.2) is 44.2 Å². The minimum atomic E-state index is -0.625. The number of ether oxygens (including phenoxy) is 1.